The Balaban J connectivity index is 0.00000288. The second-order valence-electron chi connectivity index (χ2n) is 5.26. The zero-order valence-corrected chi connectivity index (χ0v) is 16.6. The molecule has 1 heterocycles. The van der Waals surface area contributed by atoms with E-state index < -0.39 is 0 Å². The molecule has 2 aromatic rings. The number of hydrogen-bond acceptors (Lipinski definition) is 3. The average Bonchev–Trinajstić information content (AvgIpc) is 3.08. The summed E-state index contributed by atoms with van der Waals surface area (Å²) < 4.78 is 10.8. The van der Waals surface area contributed by atoms with Gasteiger partial charge < -0.3 is 19.8 Å². The lowest BCUT2D eigenvalue weighted by molar-refractivity contribution is 0.105. The van der Waals surface area contributed by atoms with E-state index in [-0.39, 0.29) is 24.0 Å². The minimum Gasteiger partial charge on any atom is -0.467 e. The molecule has 0 amide bonds. The summed E-state index contributed by atoms with van der Waals surface area (Å²) in [5.41, 5.74) is 2.55. The van der Waals surface area contributed by atoms with Gasteiger partial charge in [0.05, 0.1) is 6.26 Å². The summed E-state index contributed by atoms with van der Waals surface area (Å²) in [6.45, 7) is 4.90. The van der Waals surface area contributed by atoms with Crippen molar-refractivity contribution in [3.05, 3.63) is 59.5 Å². The second kappa shape index (κ2) is 11.9. The van der Waals surface area contributed by atoms with Crippen LogP contribution in [-0.4, -0.2) is 26.2 Å². The maximum Gasteiger partial charge on any atom is 0.191 e. The normalized spacial score (nSPS) is 11.0. The summed E-state index contributed by atoms with van der Waals surface area (Å²) in [7, 11) is 1.78. The fourth-order valence-corrected chi connectivity index (χ4v) is 2.16. The van der Waals surface area contributed by atoms with Crippen LogP contribution < -0.4 is 10.6 Å². The lowest BCUT2D eigenvalue weighted by Crippen LogP contribution is -2.37. The lowest BCUT2D eigenvalue weighted by Gasteiger charge is -2.13. The van der Waals surface area contributed by atoms with Gasteiger partial charge in [-0.25, -0.2) is 0 Å². The maximum absolute atomic E-state index is 5.54. The molecule has 1 aromatic heterocycles. The average molecular weight is 443 g/mol. The predicted octanol–water partition coefficient (Wildman–Crippen LogP) is 3.48. The monoisotopic (exact) mass is 443 g/mol. The smallest absolute Gasteiger partial charge is 0.191 e. The number of nitrogens with zero attached hydrogens (tertiary/aromatic N) is 1. The third-order valence-electron chi connectivity index (χ3n) is 3.51. The number of furan rings is 1. The van der Waals surface area contributed by atoms with Crippen LogP contribution in [0.4, 0.5) is 0 Å². The van der Waals surface area contributed by atoms with Crippen molar-refractivity contribution in [2.24, 2.45) is 4.99 Å². The molecule has 24 heavy (non-hydrogen) atoms. The van der Waals surface area contributed by atoms with Crippen molar-refractivity contribution in [2.45, 2.75) is 26.5 Å². The van der Waals surface area contributed by atoms with Gasteiger partial charge in [0.1, 0.15) is 12.4 Å². The SMILES string of the molecule is CN=C(NCCCOCc1ccco1)NCc1ccccc1C.I. The van der Waals surface area contributed by atoms with Gasteiger partial charge in [-0.05, 0) is 36.6 Å². The Bertz CT molecular complexity index is 600. The fourth-order valence-electron chi connectivity index (χ4n) is 2.16. The number of hydrogen-bond donors (Lipinski definition) is 2. The van der Waals surface area contributed by atoms with E-state index in [1.165, 1.54) is 11.1 Å². The second-order valence-corrected chi connectivity index (χ2v) is 5.26. The zero-order chi connectivity index (χ0) is 16.3. The molecule has 0 unspecified atom stereocenters. The summed E-state index contributed by atoms with van der Waals surface area (Å²) in [5, 5.41) is 6.61. The fraction of sp³-hybridized carbons (Fsp3) is 0.389. The molecular weight excluding hydrogens is 417 g/mol. The van der Waals surface area contributed by atoms with E-state index in [1.54, 1.807) is 13.3 Å². The van der Waals surface area contributed by atoms with Gasteiger partial charge in [0, 0.05) is 26.7 Å². The van der Waals surface area contributed by atoms with E-state index in [0.29, 0.717) is 13.2 Å². The van der Waals surface area contributed by atoms with Crippen molar-refractivity contribution in [3.63, 3.8) is 0 Å². The first-order chi connectivity index (χ1) is 11.3. The molecule has 0 spiro atoms. The Morgan fingerprint density at radius 3 is 2.71 bits per heavy atom. The molecule has 0 atom stereocenters. The van der Waals surface area contributed by atoms with Crippen molar-refractivity contribution < 1.29 is 9.15 Å². The Morgan fingerprint density at radius 2 is 2.00 bits per heavy atom. The van der Waals surface area contributed by atoms with Crippen molar-refractivity contribution in [1.82, 2.24) is 10.6 Å². The molecule has 0 radical (unpaired) electrons. The van der Waals surface area contributed by atoms with Crippen molar-refractivity contribution in [3.8, 4) is 0 Å². The first-order valence-electron chi connectivity index (χ1n) is 7.88. The van der Waals surface area contributed by atoms with Gasteiger partial charge in [-0.1, -0.05) is 24.3 Å². The van der Waals surface area contributed by atoms with E-state index in [0.717, 1.165) is 31.2 Å². The van der Waals surface area contributed by atoms with Crippen LogP contribution >= 0.6 is 24.0 Å². The van der Waals surface area contributed by atoms with E-state index >= 15 is 0 Å². The molecule has 0 aliphatic carbocycles. The third-order valence-corrected chi connectivity index (χ3v) is 3.51. The first kappa shape index (κ1) is 20.5. The molecule has 0 saturated heterocycles. The minimum atomic E-state index is 0. The topological polar surface area (TPSA) is 58.8 Å². The van der Waals surface area contributed by atoms with Gasteiger partial charge in [-0.3, -0.25) is 4.99 Å². The zero-order valence-electron chi connectivity index (χ0n) is 14.2. The number of benzene rings is 1. The van der Waals surface area contributed by atoms with Gasteiger partial charge in [-0.15, -0.1) is 24.0 Å². The Hall–Kier alpha value is -1.54. The Labute approximate surface area is 160 Å². The standard InChI is InChI=1S/C18H25N3O2.HI/c1-15-7-3-4-8-16(15)13-21-18(19-2)20-10-6-11-22-14-17-9-5-12-23-17;/h3-5,7-9,12H,6,10-11,13-14H2,1-2H3,(H2,19,20,21);1H. The lowest BCUT2D eigenvalue weighted by atomic mass is 10.1. The number of nitrogens with one attached hydrogen (secondary N) is 2. The number of guanidine groups is 1. The number of aryl methyl sites for hydroxylation is 1. The van der Waals surface area contributed by atoms with Gasteiger partial charge >= 0.3 is 0 Å². The maximum atomic E-state index is 5.54. The molecule has 0 bridgehead atoms. The van der Waals surface area contributed by atoms with E-state index in [1.807, 2.05) is 12.1 Å². The van der Waals surface area contributed by atoms with Crippen LogP contribution in [0.1, 0.15) is 23.3 Å². The van der Waals surface area contributed by atoms with Crippen molar-refractivity contribution >= 4 is 29.9 Å². The van der Waals surface area contributed by atoms with Crippen LogP contribution in [0.25, 0.3) is 0 Å². The van der Waals surface area contributed by atoms with Crippen LogP contribution in [0.15, 0.2) is 52.1 Å². The van der Waals surface area contributed by atoms with Crippen molar-refractivity contribution in [1.29, 1.82) is 0 Å². The molecule has 1 aromatic carbocycles. The molecule has 132 valence electrons. The number of halogens is 1. The highest BCUT2D eigenvalue weighted by Crippen LogP contribution is 2.05. The third kappa shape index (κ3) is 7.35. The molecular formula is C18H26IN3O2. The molecule has 2 rings (SSSR count). The largest absolute Gasteiger partial charge is 0.467 e. The number of ether oxygens (including phenoxy) is 1. The summed E-state index contributed by atoms with van der Waals surface area (Å²) in [5.74, 6) is 1.66. The number of aliphatic imine (C=N–C) groups is 1. The summed E-state index contributed by atoms with van der Waals surface area (Å²) in [6.07, 6.45) is 2.57. The van der Waals surface area contributed by atoms with Crippen LogP contribution in [-0.2, 0) is 17.9 Å². The first-order valence-corrected chi connectivity index (χ1v) is 7.88. The van der Waals surface area contributed by atoms with Gasteiger partial charge in [-0.2, -0.15) is 0 Å². The molecule has 0 saturated carbocycles. The highest BCUT2D eigenvalue weighted by atomic mass is 127. The highest BCUT2D eigenvalue weighted by molar-refractivity contribution is 14.0. The van der Waals surface area contributed by atoms with Gasteiger partial charge in [0.25, 0.3) is 0 Å². The summed E-state index contributed by atoms with van der Waals surface area (Å²) in [6, 6.07) is 12.1. The molecule has 0 aliphatic rings. The van der Waals surface area contributed by atoms with Crippen molar-refractivity contribution in [2.75, 3.05) is 20.2 Å². The number of rotatable bonds is 8. The van der Waals surface area contributed by atoms with Gasteiger partial charge in [0.15, 0.2) is 5.96 Å². The molecule has 2 N–H and O–H groups in total. The van der Waals surface area contributed by atoms with E-state index in [9.17, 15) is 0 Å². The van der Waals surface area contributed by atoms with Crippen LogP contribution in [0, 0.1) is 6.92 Å². The summed E-state index contributed by atoms with van der Waals surface area (Å²) >= 11 is 0. The summed E-state index contributed by atoms with van der Waals surface area (Å²) in [4.78, 5) is 4.23. The quantitative estimate of drug-likeness (QED) is 0.284. The minimum absolute atomic E-state index is 0. The van der Waals surface area contributed by atoms with Crippen LogP contribution in [0.2, 0.25) is 0 Å². The van der Waals surface area contributed by atoms with Crippen LogP contribution in [0.3, 0.4) is 0 Å². The van der Waals surface area contributed by atoms with Crippen LogP contribution in [0.5, 0.6) is 0 Å². The molecule has 0 aliphatic heterocycles. The van der Waals surface area contributed by atoms with E-state index in [4.69, 9.17) is 9.15 Å². The van der Waals surface area contributed by atoms with Gasteiger partial charge in [0.2, 0.25) is 0 Å². The van der Waals surface area contributed by atoms with E-state index in [2.05, 4.69) is 46.8 Å². The highest BCUT2D eigenvalue weighted by Gasteiger charge is 2.00. The molecule has 0 fully saturated rings. The predicted molar refractivity (Wildman–Crippen MR) is 108 cm³/mol. The molecule has 5 nitrogen and oxygen atoms in total. The Morgan fingerprint density at radius 1 is 1.17 bits per heavy atom. The molecule has 6 heteroatoms. The Kier molecular flexibility index (Phi) is 10.2.